The molecule has 4 nitrogen and oxygen atoms in total. The maximum absolute atomic E-state index is 12.2. The molecule has 1 aromatic carbocycles. The molecule has 7 heteroatoms. The van der Waals surface area contributed by atoms with E-state index in [1.165, 1.54) is 17.6 Å². The molecule has 0 aliphatic rings. The lowest BCUT2D eigenvalue weighted by molar-refractivity contribution is 0.0959. The van der Waals surface area contributed by atoms with Crippen LogP contribution in [0.3, 0.4) is 0 Å². The number of hydrogen-bond acceptors (Lipinski definition) is 4. The molecule has 0 spiro atoms. The summed E-state index contributed by atoms with van der Waals surface area (Å²) in [5, 5.41) is 5.72. The zero-order chi connectivity index (χ0) is 15.5. The van der Waals surface area contributed by atoms with Crippen molar-refractivity contribution in [2.24, 2.45) is 5.10 Å². The lowest BCUT2D eigenvalue weighted by atomic mass is 10.2. The first-order valence-electron chi connectivity index (χ1n) is 6.26. The van der Waals surface area contributed by atoms with Crippen LogP contribution in [-0.2, 0) is 0 Å². The van der Waals surface area contributed by atoms with Crippen molar-refractivity contribution in [2.75, 3.05) is 0 Å². The van der Waals surface area contributed by atoms with E-state index in [1.807, 2.05) is 6.07 Å². The monoisotopic (exact) mass is 349 g/mol. The third-order valence-corrected chi connectivity index (χ3v) is 4.75. The van der Waals surface area contributed by atoms with Crippen molar-refractivity contribution in [3.63, 3.8) is 0 Å². The summed E-state index contributed by atoms with van der Waals surface area (Å²) in [6, 6.07) is 8.94. The quantitative estimate of drug-likeness (QED) is 0.563. The summed E-state index contributed by atoms with van der Waals surface area (Å²) >= 11 is 13.5. The van der Waals surface area contributed by atoms with Crippen molar-refractivity contribution in [3.8, 4) is 0 Å². The standard InChI is InChI=1S/C15H9Cl2N3OS/c16-10-3-4-11-12(6-10)22-14(13(11)17)15(21)20-19-8-9-2-1-5-18-7-9/h1-8H,(H,20,21)/b19-8-. The first-order chi connectivity index (χ1) is 10.6. The van der Waals surface area contributed by atoms with Crippen LogP contribution in [0.1, 0.15) is 15.2 Å². The molecule has 0 saturated carbocycles. The highest BCUT2D eigenvalue weighted by Gasteiger charge is 2.16. The van der Waals surface area contributed by atoms with Gasteiger partial charge in [0.1, 0.15) is 4.88 Å². The normalized spacial score (nSPS) is 11.2. The van der Waals surface area contributed by atoms with E-state index in [4.69, 9.17) is 23.2 Å². The number of rotatable bonds is 3. The van der Waals surface area contributed by atoms with Crippen LogP contribution < -0.4 is 5.43 Å². The van der Waals surface area contributed by atoms with Crippen LogP contribution in [0.5, 0.6) is 0 Å². The first kappa shape index (κ1) is 15.0. The number of pyridine rings is 1. The van der Waals surface area contributed by atoms with Crippen LogP contribution in [0.4, 0.5) is 0 Å². The van der Waals surface area contributed by atoms with E-state index in [0.29, 0.717) is 14.9 Å². The molecule has 0 fully saturated rings. The van der Waals surface area contributed by atoms with Gasteiger partial charge in [0, 0.05) is 33.1 Å². The lowest BCUT2D eigenvalue weighted by Crippen LogP contribution is -2.16. The fraction of sp³-hybridized carbons (Fsp3) is 0. The topological polar surface area (TPSA) is 54.4 Å². The van der Waals surface area contributed by atoms with Gasteiger partial charge in [-0.2, -0.15) is 5.10 Å². The molecule has 0 bridgehead atoms. The third-order valence-electron chi connectivity index (χ3n) is 2.86. The van der Waals surface area contributed by atoms with Crippen molar-refractivity contribution in [1.82, 2.24) is 10.4 Å². The molecule has 2 heterocycles. The van der Waals surface area contributed by atoms with Gasteiger partial charge in [-0.3, -0.25) is 9.78 Å². The van der Waals surface area contributed by atoms with Gasteiger partial charge < -0.3 is 0 Å². The largest absolute Gasteiger partial charge is 0.283 e. The van der Waals surface area contributed by atoms with Crippen molar-refractivity contribution in [1.29, 1.82) is 0 Å². The second-order valence-electron chi connectivity index (χ2n) is 4.37. The zero-order valence-electron chi connectivity index (χ0n) is 11.1. The molecule has 1 N–H and O–H groups in total. The first-order valence-corrected chi connectivity index (χ1v) is 7.83. The van der Waals surface area contributed by atoms with Crippen LogP contribution in [0, 0.1) is 0 Å². The number of nitrogens with one attached hydrogen (secondary N) is 1. The predicted molar refractivity (Wildman–Crippen MR) is 91.1 cm³/mol. The minimum absolute atomic E-state index is 0.359. The minimum Gasteiger partial charge on any atom is -0.266 e. The maximum Gasteiger partial charge on any atom is 0.283 e. The maximum atomic E-state index is 12.2. The molecule has 0 aliphatic heterocycles. The Morgan fingerprint density at radius 2 is 2.18 bits per heavy atom. The molecular weight excluding hydrogens is 341 g/mol. The summed E-state index contributed by atoms with van der Waals surface area (Å²) in [6.45, 7) is 0. The highest BCUT2D eigenvalue weighted by molar-refractivity contribution is 7.21. The average Bonchev–Trinajstić information content (AvgIpc) is 2.84. The van der Waals surface area contributed by atoms with Crippen LogP contribution in [0.2, 0.25) is 10.0 Å². The SMILES string of the molecule is O=C(N/N=C\c1cccnc1)c1sc2cc(Cl)ccc2c1Cl. The van der Waals surface area contributed by atoms with Crippen molar-refractivity contribution in [3.05, 3.63) is 63.2 Å². The van der Waals surface area contributed by atoms with E-state index in [0.717, 1.165) is 15.6 Å². The summed E-state index contributed by atoms with van der Waals surface area (Å²) in [4.78, 5) is 16.5. The number of thiophene rings is 1. The number of halogens is 2. The van der Waals surface area contributed by atoms with E-state index in [2.05, 4.69) is 15.5 Å². The van der Waals surface area contributed by atoms with Crippen LogP contribution in [-0.4, -0.2) is 17.1 Å². The van der Waals surface area contributed by atoms with Gasteiger partial charge in [0.15, 0.2) is 0 Å². The third kappa shape index (κ3) is 3.11. The second-order valence-corrected chi connectivity index (χ2v) is 6.24. The summed E-state index contributed by atoms with van der Waals surface area (Å²) in [6.07, 6.45) is 4.82. The Balaban J connectivity index is 1.80. The second kappa shape index (κ2) is 6.44. The van der Waals surface area contributed by atoms with E-state index in [-0.39, 0.29) is 5.91 Å². The average molecular weight is 350 g/mol. The van der Waals surface area contributed by atoms with Gasteiger partial charge in [0.05, 0.1) is 11.2 Å². The number of carbonyl (C=O) groups excluding carboxylic acids is 1. The van der Waals surface area contributed by atoms with Gasteiger partial charge in [0.25, 0.3) is 5.91 Å². The molecule has 1 amide bonds. The van der Waals surface area contributed by atoms with E-state index >= 15 is 0 Å². The molecule has 0 aliphatic carbocycles. The van der Waals surface area contributed by atoms with E-state index < -0.39 is 0 Å². The summed E-state index contributed by atoms with van der Waals surface area (Å²) < 4.78 is 0.860. The number of carbonyl (C=O) groups is 1. The van der Waals surface area contributed by atoms with Gasteiger partial charge in [-0.05, 0) is 18.2 Å². The fourth-order valence-corrected chi connectivity index (χ4v) is 3.54. The molecule has 0 radical (unpaired) electrons. The molecule has 2 aromatic heterocycles. The van der Waals surface area contributed by atoms with Gasteiger partial charge in [-0.15, -0.1) is 11.3 Å². The van der Waals surface area contributed by atoms with E-state index in [1.54, 1.807) is 36.7 Å². The Labute approximate surface area is 140 Å². The summed E-state index contributed by atoms with van der Waals surface area (Å²) in [5.74, 6) is -0.359. The molecule has 3 aromatic rings. The molecule has 3 rings (SSSR count). The molecule has 22 heavy (non-hydrogen) atoms. The van der Waals surface area contributed by atoms with Crippen LogP contribution in [0.25, 0.3) is 10.1 Å². The number of benzene rings is 1. The minimum atomic E-state index is -0.359. The molecule has 0 saturated heterocycles. The van der Waals surface area contributed by atoms with Crippen molar-refractivity contribution in [2.45, 2.75) is 0 Å². The molecule has 110 valence electrons. The van der Waals surface area contributed by atoms with Gasteiger partial charge in [0.2, 0.25) is 0 Å². The molecular formula is C15H9Cl2N3OS. The van der Waals surface area contributed by atoms with Crippen molar-refractivity contribution >= 4 is 56.7 Å². The Hall–Kier alpha value is -1.95. The summed E-state index contributed by atoms with van der Waals surface area (Å²) in [5.41, 5.74) is 3.25. The number of nitrogens with zero attached hydrogens (tertiary/aromatic N) is 2. The number of aromatic nitrogens is 1. The van der Waals surface area contributed by atoms with Crippen LogP contribution in [0.15, 0.2) is 47.8 Å². The van der Waals surface area contributed by atoms with E-state index in [9.17, 15) is 4.79 Å². The lowest BCUT2D eigenvalue weighted by Gasteiger charge is -1.97. The highest BCUT2D eigenvalue weighted by atomic mass is 35.5. The van der Waals surface area contributed by atoms with Gasteiger partial charge in [-0.25, -0.2) is 5.43 Å². The predicted octanol–water partition coefficient (Wildman–Crippen LogP) is 4.37. The van der Waals surface area contributed by atoms with Gasteiger partial charge in [-0.1, -0.05) is 35.3 Å². The number of amides is 1. The summed E-state index contributed by atoms with van der Waals surface area (Å²) in [7, 11) is 0. The fourth-order valence-electron chi connectivity index (χ4n) is 1.85. The number of fused-ring (bicyclic) bond motifs is 1. The van der Waals surface area contributed by atoms with Gasteiger partial charge >= 0.3 is 0 Å². The van der Waals surface area contributed by atoms with Crippen LogP contribution >= 0.6 is 34.5 Å². The highest BCUT2D eigenvalue weighted by Crippen LogP contribution is 2.36. The van der Waals surface area contributed by atoms with Crippen molar-refractivity contribution < 1.29 is 4.79 Å². The smallest absolute Gasteiger partial charge is 0.266 e. The Morgan fingerprint density at radius 1 is 1.32 bits per heavy atom. The number of hydrogen-bond donors (Lipinski definition) is 1. The zero-order valence-corrected chi connectivity index (χ0v) is 13.4. The Morgan fingerprint density at radius 3 is 2.95 bits per heavy atom. The number of hydrazone groups is 1. The Kier molecular flexibility index (Phi) is 4.38. The Bertz CT molecular complexity index is 862. The molecule has 0 unspecified atom stereocenters. The molecule has 0 atom stereocenters.